The van der Waals surface area contributed by atoms with Crippen molar-refractivity contribution in [3.63, 3.8) is 0 Å². The smallest absolute Gasteiger partial charge is 0.309 e. The molecule has 114 valence electrons. The van der Waals surface area contributed by atoms with Crippen molar-refractivity contribution >= 4 is 5.97 Å². The first kappa shape index (κ1) is 14.3. The summed E-state index contributed by atoms with van der Waals surface area (Å²) in [5, 5.41) is 10.1. The van der Waals surface area contributed by atoms with E-state index in [9.17, 15) is 9.90 Å². The molecule has 2 saturated heterocycles. The molecule has 0 amide bonds. The van der Waals surface area contributed by atoms with Crippen LogP contribution in [0.3, 0.4) is 0 Å². The fraction of sp³-hybridized carbons (Fsp3) is 0.929. The molecular weight excluding hydrogens is 264 g/mol. The lowest BCUT2D eigenvalue weighted by molar-refractivity contribution is -0.176. The Kier molecular flexibility index (Phi) is 4.55. The fourth-order valence-corrected chi connectivity index (χ4v) is 2.73. The minimum atomic E-state index is -0.908. The van der Waals surface area contributed by atoms with Crippen LogP contribution in [0, 0.1) is 11.8 Å². The summed E-state index contributed by atoms with van der Waals surface area (Å²) in [6, 6.07) is 0. The van der Waals surface area contributed by atoms with E-state index in [2.05, 4.69) is 0 Å². The number of aliphatic hydroxyl groups excluding tert-OH is 1. The maximum Gasteiger partial charge on any atom is 0.309 e. The van der Waals surface area contributed by atoms with Gasteiger partial charge in [0.2, 0.25) is 0 Å². The predicted octanol–water partition coefficient (Wildman–Crippen LogP) is 0.469. The van der Waals surface area contributed by atoms with Gasteiger partial charge < -0.3 is 24.1 Å². The number of aliphatic hydroxyl groups is 1. The summed E-state index contributed by atoms with van der Waals surface area (Å²) in [7, 11) is 0. The minimum absolute atomic E-state index is 0.0779. The second-order valence-corrected chi connectivity index (χ2v) is 5.82. The van der Waals surface area contributed by atoms with Gasteiger partial charge in [-0.05, 0) is 12.8 Å². The van der Waals surface area contributed by atoms with Crippen molar-refractivity contribution in [3.05, 3.63) is 0 Å². The summed E-state index contributed by atoms with van der Waals surface area (Å²) in [6.45, 7) is 2.10. The normalized spacial score (nSPS) is 37.2. The van der Waals surface area contributed by atoms with E-state index in [0.29, 0.717) is 26.4 Å². The largest absolute Gasteiger partial charge is 0.463 e. The Morgan fingerprint density at radius 2 is 1.80 bits per heavy atom. The molecule has 3 aliphatic rings. The van der Waals surface area contributed by atoms with Crippen LogP contribution in [0.2, 0.25) is 0 Å². The molecule has 2 heterocycles. The zero-order chi connectivity index (χ0) is 13.9. The minimum Gasteiger partial charge on any atom is -0.463 e. The van der Waals surface area contributed by atoms with E-state index in [1.165, 1.54) is 0 Å². The zero-order valence-corrected chi connectivity index (χ0v) is 11.5. The van der Waals surface area contributed by atoms with Gasteiger partial charge in [-0.25, -0.2) is 0 Å². The van der Waals surface area contributed by atoms with E-state index < -0.39 is 6.29 Å². The highest BCUT2D eigenvalue weighted by atomic mass is 16.6. The summed E-state index contributed by atoms with van der Waals surface area (Å²) in [6.07, 6.45) is 2.85. The molecule has 0 aromatic rings. The van der Waals surface area contributed by atoms with E-state index in [0.717, 1.165) is 25.7 Å². The second-order valence-electron chi connectivity index (χ2n) is 5.82. The van der Waals surface area contributed by atoms with Crippen molar-refractivity contribution in [2.24, 2.45) is 11.8 Å². The van der Waals surface area contributed by atoms with Crippen LogP contribution >= 0.6 is 0 Å². The zero-order valence-electron chi connectivity index (χ0n) is 11.5. The number of esters is 1. The van der Waals surface area contributed by atoms with Crippen molar-refractivity contribution in [3.8, 4) is 0 Å². The molecule has 1 saturated carbocycles. The predicted molar refractivity (Wildman–Crippen MR) is 67.8 cm³/mol. The molecule has 20 heavy (non-hydrogen) atoms. The Morgan fingerprint density at radius 3 is 2.50 bits per heavy atom. The first-order chi connectivity index (χ1) is 9.74. The molecule has 6 nitrogen and oxygen atoms in total. The average molecular weight is 286 g/mol. The Bertz CT molecular complexity index is 339. The molecule has 3 fully saturated rings. The van der Waals surface area contributed by atoms with Gasteiger partial charge in [0, 0.05) is 5.92 Å². The Hall–Kier alpha value is -0.690. The van der Waals surface area contributed by atoms with Crippen LogP contribution in [0.25, 0.3) is 0 Å². The molecule has 0 radical (unpaired) electrons. The standard InChI is InChI=1S/C14H22O6/c15-13(19-7-9-5-17-9)11-3-1-2-4-12(11)14(16)20-8-10-6-18-10/h9-13,15H,1-8H2. The Morgan fingerprint density at radius 1 is 1.15 bits per heavy atom. The maximum absolute atomic E-state index is 12.1. The molecule has 2 aliphatic heterocycles. The number of carbonyl (C=O) groups excluding carboxylic acids is 1. The van der Waals surface area contributed by atoms with Crippen molar-refractivity contribution in [2.75, 3.05) is 26.4 Å². The highest BCUT2D eigenvalue weighted by Gasteiger charge is 2.38. The van der Waals surface area contributed by atoms with Crippen LogP contribution in [0.1, 0.15) is 25.7 Å². The SMILES string of the molecule is O=C(OCC1CO1)C1CCCCC1C(O)OCC1CO1. The number of carbonyl (C=O) groups is 1. The van der Waals surface area contributed by atoms with Gasteiger partial charge in [-0.3, -0.25) is 4.79 Å². The molecule has 5 unspecified atom stereocenters. The van der Waals surface area contributed by atoms with Gasteiger partial charge in [0.25, 0.3) is 0 Å². The summed E-state index contributed by atoms with van der Waals surface area (Å²) in [4.78, 5) is 12.1. The van der Waals surface area contributed by atoms with Crippen LogP contribution < -0.4 is 0 Å². The number of rotatable bonds is 7. The van der Waals surface area contributed by atoms with Gasteiger partial charge in [-0.15, -0.1) is 0 Å². The van der Waals surface area contributed by atoms with E-state index >= 15 is 0 Å². The maximum atomic E-state index is 12.1. The molecule has 1 aliphatic carbocycles. The Labute approximate surface area is 118 Å². The van der Waals surface area contributed by atoms with Crippen LogP contribution in [0.5, 0.6) is 0 Å². The molecule has 3 rings (SSSR count). The van der Waals surface area contributed by atoms with Gasteiger partial charge in [0.05, 0.1) is 25.7 Å². The van der Waals surface area contributed by atoms with Gasteiger partial charge in [-0.1, -0.05) is 12.8 Å². The van der Waals surface area contributed by atoms with E-state index in [1.807, 2.05) is 0 Å². The molecule has 0 aromatic heterocycles. The molecule has 0 bridgehead atoms. The van der Waals surface area contributed by atoms with E-state index in [4.69, 9.17) is 18.9 Å². The van der Waals surface area contributed by atoms with Crippen LogP contribution in [0.4, 0.5) is 0 Å². The number of hydrogen-bond donors (Lipinski definition) is 1. The Balaban J connectivity index is 1.49. The molecule has 1 N–H and O–H groups in total. The van der Waals surface area contributed by atoms with Crippen LogP contribution in [-0.2, 0) is 23.7 Å². The average Bonchev–Trinajstić information content (AvgIpc) is 3.36. The van der Waals surface area contributed by atoms with Crippen LogP contribution in [-0.4, -0.2) is 56.0 Å². The summed E-state index contributed by atoms with van der Waals surface area (Å²) < 4.78 is 20.8. The van der Waals surface area contributed by atoms with E-state index in [-0.39, 0.29) is 30.0 Å². The van der Waals surface area contributed by atoms with Crippen molar-refractivity contribution in [2.45, 2.75) is 44.2 Å². The van der Waals surface area contributed by atoms with Gasteiger partial charge in [0.15, 0.2) is 6.29 Å². The topological polar surface area (TPSA) is 80.8 Å². The van der Waals surface area contributed by atoms with Crippen molar-refractivity contribution < 1.29 is 28.8 Å². The summed E-state index contributed by atoms with van der Waals surface area (Å²) in [5.74, 6) is -0.664. The monoisotopic (exact) mass is 286 g/mol. The lowest BCUT2D eigenvalue weighted by Gasteiger charge is -2.32. The quantitative estimate of drug-likeness (QED) is 0.416. The molecule has 0 aromatic carbocycles. The molecule has 0 spiro atoms. The lowest BCUT2D eigenvalue weighted by Crippen LogP contribution is -2.38. The molecule has 6 heteroatoms. The van der Waals surface area contributed by atoms with Gasteiger partial charge in [-0.2, -0.15) is 0 Å². The van der Waals surface area contributed by atoms with Gasteiger partial charge in [0.1, 0.15) is 18.8 Å². The van der Waals surface area contributed by atoms with Crippen molar-refractivity contribution in [1.82, 2.24) is 0 Å². The first-order valence-electron chi connectivity index (χ1n) is 7.43. The van der Waals surface area contributed by atoms with E-state index in [1.54, 1.807) is 0 Å². The highest BCUT2D eigenvalue weighted by molar-refractivity contribution is 5.73. The third kappa shape index (κ3) is 3.91. The summed E-state index contributed by atoms with van der Waals surface area (Å²) in [5.41, 5.74) is 0. The third-order valence-electron chi connectivity index (χ3n) is 4.16. The van der Waals surface area contributed by atoms with Crippen molar-refractivity contribution in [1.29, 1.82) is 0 Å². The third-order valence-corrected chi connectivity index (χ3v) is 4.16. The highest BCUT2D eigenvalue weighted by Crippen LogP contribution is 2.34. The fourth-order valence-electron chi connectivity index (χ4n) is 2.73. The second kappa shape index (κ2) is 6.39. The summed E-state index contributed by atoms with van der Waals surface area (Å²) >= 11 is 0. The van der Waals surface area contributed by atoms with Gasteiger partial charge >= 0.3 is 5.97 Å². The number of ether oxygens (including phenoxy) is 4. The first-order valence-corrected chi connectivity index (χ1v) is 7.43. The molecule has 5 atom stereocenters. The van der Waals surface area contributed by atoms with Crippen LogP contribution in [0.15, 0.2) is 0 Å². The number of epoxide rings is 2. The lowest BCUT2D eigenvalue weighted by atomic mass is 9.79. The number of hydrogen-bond acceptors (Lipinski definition) is 6. The molecular formula is C14H22O6.